The molecule has 0 aliphatic rings. The summed E-state index contributed by atoms with van der Waals surface area (Å²) < 4.78 is 4.84. The van der Waals surface area contributed by atoms with Crippen molar-refractivity contribution >= 4 is 17.6 Å². The third-order valence-electron chi connectivity index (χ3n) is 2.08. The molecule has 7 heteroatoms. The normalized spacial score (nSPS) is 9.83. The van der Waals surface area contributed by atoms with Gasteiger partial charge in [0.1, 0.15) is 11.3 Å². The molecular weight excluding hydrogens is 242 g/mol. The van der Waals surface area contributed by atoms with Gasteiger partial charge in [0.25, 0.3) is 5.69 Å². The van der Waals surface area contributed by atoms with Crippen molar-refractivity contribution in [2.24, 2.45) is 0 Å². The van der Waals surface area contributed by atoms with Crippen molar-refractivity contribution in [1.29, 1.82) is 0 Å². The Morgan fingerprint density at radius 3 is 2.61 bits per heavy atom. The number of non-ortho nitro benzene ring substituents is 1. The first kappa shape index (κ1) is 13.6. The molecule has 1 aromatic carbocycles. The minimum absolute atomic E-state index is 0.149. The van der Waals surface area contributed by atoms with Crippen molar-refractivity contribution in [2.45, 2.75) is 19.8 Å². The second-order valence-electron chi connectivity index (χ2n) is 3.47. The van der Waals surface area contributed by atoms with Crippen LogP contribution < -0.4 is 4.74 Å². The second-order valence-corrected chi connectivity index (χ2v) is 3.47. The monoisotopic (exact) mass is 253 g/mol. The SMILES string of the molecule is CCCC(=O)Oc1ccc([N+](=O)[O-])cc1C(=O)O. The van der Waals surface area contributed by atoms with E-state index in [2.05, 4.69) is 0 Å². The van der Waals surface area contributed by atoms with E-state index in [9.17, 15) is 19.7 Å². The van der Waals surface area contributed by atoms with Crippen LogP contribution in [0.1, 0.15) is 30.1 Å². The number of hydrogen-bond acceptors (Lipinski definition) is 5. The molecule has 0 radical (unpaired) electrons. The Kier molecular flexibility index (Phi) is 4.36. The van der Waals surface area contributed by atoms with Crippen LogP contribution in [-0.4, -0.2) is 22.0 Å². The zero-order chi connectivity index (χ0) is 13.7. The Morgan fingerprint density at radius 1 is 1.44 bits per heavy atom. The molecule has 7 nitrogen and oxygen atoms in total. The lowest BCUT2D eigenvalue weighted by Gasteiger charge is -2.06. The molecule has 18 heavy (non-hydrogen) atoms. The van der Waals surface area contributed by atoms with Crippen LogP contribution >= 0.6 is 0 Å². The highest BCUT2D eigenvalue weighted by atomic mass is 16.6. The maximum Gasteiger partial charge on any atom is 0.339 e. The first-order valence-corrected chi connectivity index (χ1v) is 5.18. The number of esters is 1. The highest BCUT2D eigenvalue weighted by molar-refractivity contribution is 5.92. The quantitative estimate of drug-likeness (QED) is 0.372. The van der Waals surface area contributed by atoms with Gasteiger partial charge in [-0.05, 0) is 12.5 Å². The molecule has 1 N–H and O–H groups in total. The summed E-state index contributed by atoms with van der Waals surface area (Å²) >= 11 is 0. The largest absolute Gasteiger partial charge is 0.478 e. The van der Waals surface area contributed by atoms with Crippen LogP contribution in [0.2, 0.25) is 0 Å². The molecule has 0 amide bonds. The Bertz CT molecular complexity index is 496. The Morgan fingerprint density at radius 2 is 2.11 bits per heavy atom. The molecule has 0 spiro atoms. The van der Waals surface area contributed by atoms with Crippen molar-refractivity contribution in [2.75, 3.05) is 0 Å². The first-order valence-electron chi connectivity index (χ1n) is 5.18. The van der Waals surface area contributed by atoms with Crippen molar-refractivity contribution in [3.05, 3.63) is 33.9 Å². The predicted octanol–water partition coefficient (Wildman–Crippen LogP) is 2.00. The Balaban J connectivity index is 3.08. The lowest BCUT2D eigenvalue weighted by molar-refractivity contribution is -0.384. The third-order valence-corrected chi connectivity index (χ3v) is 2.08. The zero-order valence-corrected chi connectivity index (χ0v) is 9.58. The summed E-state index contributed by atoms with van der Waals surface area (Å²) in [5, 5.41) is 19.4. The van der Waals surface area contributed by atoms with E-state index in [1.807, 2.05) is 0 Å². The summed E-state index contributed by atoms with van der Waals surface area (Å²) in [6.07, 6.45) is 0.713. The van der Waals surface area contributed by atoms with Crippen LogP contribution in [0.4, 0.5) is 5.69 Å². The van der Waals surface area contributed by atoms with E-state index < -0.39 is 22.4 Å². The highest BCUT2D eigenvalue weighted by Gasteiger charge is 2.18. The summed E-state index contributed by atoms with van der Waals surface area (Å²) in [5.41, 5.74) is -0.781. The average Bonchev–Trinajstić information content (AvgIpc) is 2.29. The van der Waals surface area contributed by atoms with Crippen LogP contribution in [-0.2, 0) is 4.79 Å². The van der Waals surface area contributed by atoms with Crippen molar-refractivity contribution in [1.82, 2.24) is 0 Å². The van der Waals surface area contributed by atoms with E-state index >= 15 is 0 Å². The molecular formula is C11H11NO6. The lowest BCUT2D eigenvalue weighted by Crippen LogP contribution is -2.10. The number of nitro groups is 1. The van der Waals surface area contributed by atoms with Crippen molar-refractivity contribution in [3.8, 4) is 5.75 Å². The van der Waals surface area contributed by atoms with Gasteiger partial charge in [-0.1, -0.05) is 6.92 Å². The van der Waals surface area contributed by atoms with Crippen LogP contribution in [0, 0.1) is 10.1 Å². The maximum absolute atomic E-state index is 11.3. The molecule has 0 bridgehead atoms. The molecule has 0 heterocycles. The fourth-order valence-corrected chi connectivity index (χ4v) is 1.27. The minimum Gasteiger partial charge on any atom is -0.478 e. The lowest BCUT2D eigenvalue weighted by atomic mass is 10.2. The van der Waals surface area contributed by atoms with Crippen LogP contribution in [0.15, 0.2) is 18.2 Å². The molecule has 0 aromatic heterocycles. The number of rotatable bonds is 5. The number of aromatic carboxylic acids is 1. The average molecular weight is 253 g/mol. The molecule has 0 fully saturated rings. The highest BCUT2D eigenvalue weighted by Crippen LogP contribution is 2.24. The Labute approximate surface area is 102 Å². The van der Waals surface area contributed by atoms with Gasteiger partial charge in [-0.2, -0.15) is 0 Å². The molecule has 1 aromatic rings. The zero-order valence-electron chi connectivity index (χ0n) is 9.58. The van der Waals surface area contributed by atoms with E-state index in [4.69, 9.17) is 9.84 Å². The molecule has 0 aliphatic heterocycles. The van der Waals surface area contributed by atoms with Gasteiger partial charge in [0.15, 0.2) is 0 Å². The number of hydrogen-bond donors (Lipinski definition) is 1. The standard InChI is InChI=1S/C11H11NO6/c1-2-3-10(13)18-9-5-4-7(12(16)17)6-8(9)11(14)15/h4-6H,2-3H2,1H3,(H,14,15). The summed E-state index contributed by atoms with van der Waals surface area (Å²) in [6, 6.07) is 3.05. The van der Waals surface area contributed by atoms with Gasteiger partial charge in [-0.25, -0.2) is 4.79 Å². The molecule has 0 aliphatic carbocycles. The third kappa shape index (κ3) is 3.27. The number of carbonyl (C=O) groups excluding carboxylic acids is 1. The maximum atomic E-state index is 11.3. The van der Waals surface area contributed by atoms with Crippen LogP contribution in [0.5, 0.6) is 5.75 Å². The van der Waals surface area contributed by atoms with E-state index in [1.165, 1.54) is 0 Å². The van der Waals surface area contributed by atoms with Gasteiger partial charge in [-0.3, -0.25) is 14.9 Å². The van der Waals surface area contributed by atoms with Gasteiger partial charge in [-0.15, -0.1) is 0 Å². The molecule has 0 unspecified atom stereocenters. The number of ether oxygens (including phenoxy) is 1. The number of carbonyl (C=O) groups is 2. The van der Waals surface area contributed by atoms with Crippen LogP contribution in [0.3, 0.4) is 0 Å². The van der Waals surface area contributed by atoms with E-state index in [-0.39, 0.29) is 17.9 Å². The van der Waals surface area contributed by atoms with Gasteiger partial charge < -0.3 is 9.84 Å². The topological polar surface area (TPSA) is 107 Å². The molecule has 96 valence electrons. The van der Waals surface area contributed by atoms with Gasteiger partial charge >= 0.3 is 11.9 Å². The number of carboxylic acid groups (broad SMARTS) is 1. The fourth-order valence-electron chi connectivity index (χ4n) is 1.27. The number of nitrogens with zero attached hydrogens (tertiary/aromatic N) is 1. The summed E-state index contributed by atoms with van der Waals surface area (Å²) in [6.45, 7) is 1.77. The summed E-state index contributed by atoms with van der Waals surface area (Å²) in [5.74, 6) is -2.15. The first-order chi connectivity index (χ1) is 8.45. The number of nitro benzene ring substituents is 1. The van der Waals surface area contributed by atoms with Crippen molar-refractivity contribution in [3.63, 3.8) is 0 Å². The molecule has 0 saturated carbocycles. The Hall–Kier alpha value is -2.44. The molecule has 0 atom stereocenters. The predicted molar refractivity (Wildman–Crippen MR) is 60.6 cm³/mol. The molecule has 0 saturated heterocycles. The van der Waals surface area contributed by atoms with Crippen LogP contribution in [0.25, 0.3) is 0 Å². The smallest absolute Gasteiger partial charge is 0.339 e. The molecule has 1 rings (SSSR count). The van der Waals surface area contributed by atoms with Gasteiger partial charge in [0, 0.05) is 18.6 Å². The van der Waals surface area contributed by atoms with Crippen molar-refractivity contribution < 1.29 is 24.4 Å². The second kappa shape index (κ2) is 5.76. The fraction of sp³-hybridized carbons (Fsp3) is 0.273. The minimum atomic E-state index is -1.39. The van der Waals surface area contributed by atoms with E-state index in [0.717, 1.165) is 18.2 Å². The van der Waals surface area contributed by atoms with Gasteiger partial charge in [0.2, 0.25) is 0 Å². The number of benzene rings is 1. The summed E-state index contributed by atoms with van der Waals surface area (Å²) in [7, 11) is 0. The van der Waals surface area contributed by atoms with E-state index in [0.29, 0.717) is 6.42 Å². The van der Waals surface area contributed by atoms with Gasteiger partial charge in [0.05, 0.1) is 4.92 Å². The number of carboxylic acids is 1. The summed E-state index contributed by atoms with van der Waals surface area (Å²) in [4.78, 5) is 32.0. The van der Waals surface area contributed by atoms with E-state index in [1.54, 1.807) is 6.92 Å².